The molecule has 7 nitrogen and oxygen atoms in total. The molecule has 7 heteroatoms. The molecule has 0 aliphatic carbocycles. The molecule has 0 bridgehead atoms. The van der Waals surface area contributed by atoms with E-state index in [0.29, 0.717) is 12.2 Å². The molecule has 104 valence electrons. The lowest BCUT2D eigenvalue weighted by molar-refractivity contribution is -0.384. The minimum atomic E-state index is -0.466. The molecule has 19 heavy (non-hydrogen) atoms. The number of likely N-dealkylation sites (tertiary alicyclic amines) is 1. The third-order valence-electron chi connectivity index (χ3n) is 3.25. The summed E-state index contributed by atoms with van der Waals surface area (Å²) in [5.41, 5.74) is 5.74. The largest absolute Gasteiger partial charge is 0.397 e. The number of anilines is 2. The van der Waals surface area contributed by atoms with E-state index >= 15 is 0 Å². The Morgan fingerprint density at radius 3 is 2.84 bits per heavy atom. The first-order valence-corrected chi connectivity index (χ1v) is 6.53. The number of nitrogens with one attached hydrogen (secondary N) is 1. The van der Waals surface area contributed by atoms with Gasteiger partial charge in [-0.1, -0.05) is 6.42 Å². The van der Waals surface area contributed by atoms with E-state index in [4.69, 9.17) is 5.73 Å². The first-order chi connectivity index (χ1) is 9.16. The Labute approximate surface area is 112 Å². The van der Waals surface area contributed by atoms with Crippen LogP contribution in [-0.4, -0.2) is 41.0 Å². The molecule has 0 spiro atoms. The van der Waals surface area contributed by atoms with Crippen molar-refractivity contribution in [2.45, 2.75) is 19.3 Å². The Hall–Kier alpha value is -1.89. The van der Waals surface area contributed by atoms with E-state index in [2.05, 4.69) is 15.2 Å². The molecule has 2 rings (SSSR count). The third-order valence-corrected chi connectivity index (χ3v) is 3.25. The third kappa shape index (κ3) is 3.78. The van der Waals surface area contributed by atoms with E-state index in [9.17, 15) is 10.1 Å². The van der Waals surface area contributed by atoms with Gasteiger partial charge in [-0.15, -0.1) is 0 Å². The van der Waals surface area contributed by atoms with Gasteiger partial charge in [0.15, 0.2) is 0 Å². The summed E-state index contributed by atoms with van der Waals surface area (Å²) in [6.45, 7) is 3.75. The standard InChI is InChI=1S/C12H19N5O2/c13-10-8-11(17(18)19)12(15-9-10)14-4-7-16-5-2-1-3-6-16/h8-9H,1-7,13H2,(H,14,15). The van der Waals surface area contributed by atoms with Gasteiger partial charge in [-0.2, -0.15) is 0 Å². The normalized spacial score (nSPS) is 16.2. The van der Waals surface area contributed by atoms with Gasteiger partial charge >= 0.3 is 5.69 Å². The number of rotatable bonds is 5. The van der Waals surface area contributed by atoms with E-state index < -0.39 is 4.92 Å². The molecule has 1 fully saturated rings. The summed E-state index contributed by atoms with van der Waals surface area (Å²) < 4.78 is 0. The van der Waals surface area contributed by atoms with Crippen molar-refractivity contribution in [2.24, 2.45) is 0 Å². The zero-order valence-corrected chi connectivity index (χ0v) is 10.8. The van der Waals surface area contributed by atoms with Crippen LogP contribution in [0, 0.1) is 10.1 Å². The summed E-state index contributed by atoms with van der Waals surface area (Å²) in [5.74, 6) is 0.288. The van der Waals surface area contributed by atoms with Crippen LogP contribution in [0.5, 0.6) is 0 Å². The van der Waals surface area contributed by atoms with E-state index in [0.717, 1.165) is 19.6 Å². The molecule has 1 aliphatic rings. The van der Waals surface area contributed by atoms with E-state index in [1.807, 2.05) is 0 Å². The highest BCUT2D eigenvalue weighted by atomic mass is 16.6. The smallest absolute Gasteiger partial charge is 0.313 e. The lowest BCUT2D eigenvalue weighted by Gasteiger charge is -2.26. The number of hydrogen-bond acceptors (Lipinski definition) is 6. The maximum absolute atomic E-state index is 10.9. The van der Waals surface area contributed by atoms with Gasteiger partial charge in [-0.3, -0.25) is 10.1 Å². The van der Waals surface area contributed by atoms with Gasteiger partial charge in [0.05, 0.1) is 16.8 Å². The van der Waals surface area contributed by atoms with E-state index in [-0.39, 0.29) is 11.5 Å². The van der Waals surface area contributed by atoms with Gasteiger partial charge in [0.25, 0.3) is 0 Å². The van der Waals surface area contributed by atoms with Gasteiger partial charge in [0, 0.05) is 19.2 Å². The molecule has 2 heterocycles. The van der Waals surface area contributed by atoms with Gasteiger partial charge in [0.2, 0.25) is 5.82 Å². The summed E-state index contributed by atoms with van der Waals surface area (Å²) in [6, 6.07) is 1.33. The van der Waals surface area contributed by atoms with Gasteiger partial charge in [0.1, 0.15) is 0 Å². The van der Waals surface area contributed by atoms with Crippen molar-refractivity contribution >= 4 is 17.2 Å². The summed E-state index contributed by atoms with van der Waals surface area (Å²) in [7, 11) is 0. The van der Waals surface area contributed by atoms with Gasteiger partial charge < -0.3 is 16.0 Å². The van der Waals surface area contributed by atoms with Crippen LogP contribution in [-0.2, 0) is 0 Å². The quantitative estimate of drug-likeness (QED) is 0.618. The minimum absolute atomic E-state index is 0.0707. The summed E-state index contributed by atoms with van der Waals surface area (Å²) in [5, 5.41) is 13.9. The minimum Gasteiger partial charge on any atom is -0.397 e. The van der Waals surface area contributed by atoms with Gasteiger partial charge in [-0.05, 0) is 25.9 Å². The van der Waals surface area contributed by atoms with E-state index in [1.54, 1.807) is 0 Å². The second kappa shape index (κ2) is 6.33. The second-order valence-electron chi connectivity index (χ2n) is 4.72. The van der Waals surface area contributed by atoms with Crippen LogP contribution in [0.4, 0.5) is 17.2 Å². The van der Waals surface area contributed by atoms with Crippen LogP contribution in [0.25, 0.3) is 0 Å². The lowest BCUT2D eigenvalue weighted by Crippen LogP contribution is -2.33. The Balaban J connectivity index is 1.89. The Morgan fingerprint density at radius 2 is 2.16 bits per heavy atom. The topological polar surface area (TPSA) is 97.3 Å². The maximum atomic E-state index is 10.9. The summed E-state index contributed by atoms with van der Waals surface area (Å²) >= 11 is 0. The predicted octanol–water partition coefficient (Wildman–Crippen LogP) is 1.47. The molecular formula is C12H19N5O2. The Kier molecular flexibility index (Phi) is 4.51. The number of nitrogens with two attached hydrogens (primary N) is 1. The molecule has 0 atom stereocenters. The average Bonchev–Trinajstić information content (AvgIpc) is 2.41. The van der Waals surface area contributed by atoms with Crippen molar-refractivity contribution in [3.8, 4) is 0 Å². The first kappa shape index (κ1) is 13.5. The van der Waals surface area contributed by atoms with Crippen molar-refractivity contribution in [3.05, 3.63) is 22.4 Å². The molecule has 1 aromatic heterocycles. The molecule has 1 aliphatic heterocycles. The van der Waals surface area contributed by atoms with Crippen LogP contribution in [0.2, 0.25) is 0 Å². The lowest BCUT2D eigenvalue weighted by atomic mass is 10.1. The summed E-state index contributed by atoms with van der Waals surface area (Å²) in [6.07, 6.45) is 5.20. The second-order valence-corrected chi connectivity index (χ2v) is 4.72. The number of nitrogen functional groups attached to an aromatic ring is 1. The molecular weight excluding hydrogens is 246 g/mol. The maximum Gasteiger partial charge on any atom is 0.313 e. The molecule has 1 aromatic rings. The molecule has 0 amide bonds. The van der Waals surface area contributed by atoms with Crippen molar-refractivity contribution < 1.29 is 4.92 Å². The molecule has 0 saturated carbocycles. The zero-order chi connectivity index (χ0) is 13.7. The molecule has 0 aromatic carbocycles. The first-order valence-electron chi connectivity index (χ1n) is 6.53. The SMILES string of the molecule is Nc1cnc(NCCN2CCCCC2)c([N+](=O)[O-])c1. The van der Waals surface area contributed by atoms with Crippen LogP contribution >= 0.6 is 0 Å². The highest BCUT2D eigenvalue weighted by Crippen LogP contribution is 2.23. The average molecular weight is 265 g/mol. The number of aromatic nitrogens is 1. The predicted molar refractivity (Wildman–Crippen MR) is 74.1 cm³/mol. The fourth-order valence-corrected chi connectivity index (χ4v) is 2.26. The number of nitrogens with zero attached hydrogens (tertiary/aromatic N) is 3. The molecule has 1 saturated heterocycles. The molecule has 3 N–H and O–H groups in total. The monoisotopic (exact) mass is 265 g/mol. The van der Waals surface area contributed by atoms with Crippen molar-refractivity contribution in [1.29, 1.82) is 0 Å². The van der Waals surface area contributed by atoms with Crippen LogP contribution in [0.1, 0.15) is 19.3 Å². The molecule has 0 radical (unpaired) electrons. The zero-order valence-electron chi connectivity index (χ0n) is 10.8. The highest BCUT2D eigenvalue weighted by Gasteiger charge is 2.16. The van der Waals surface area contributed by atoms with Gasteiger partial charge in [-0.25, -0.2) is 4.98 Å². The Bertz CT molecular complexity index is 446. The fraction of sp³-hybridized carbons (Fsp3) is 0.583. The fourth-order valence-electron chi connectivity index (χ4n) is 2.26. The number of piperidine rings is 1. The Morgan fingerprint density at radius 1 is 1.42 bits per heavy atom. The van der Waals surface area contributed by atoms with Crippen LogP contribution in [0.15, 0.2) is 12.3 Å². The molecule has 0 unspecified atom stereocenters. The van der Waals surface area contributed by atoms with Crippen LogP contribution in [0.3, 0.4) is 0 Å². The van der Waals surface area contributed by atoms with Crippen molar-refractivity contribution in [1.82, 2.24) is 9.88 Å². The van der Waals surface area contributed by atoms with Crippen molar-refractivity contribution in [2.75, 3.05) is 37.2 Å². The number of pyridine rings is 1. The van der Waals surface area contributed by atoms with Crippen LogP contribution < -0.4 is 11.1 Å². The summed E-state index contributed by atoms with van der Waals surface area (Å²) in [4.78, 5) is 16.8. The van der Waals surface area contributed by atoms with Crippen molar-refractivity contribution in [3.63, 3.8) is 0 Å². The number of nitro groups is 1. The van der Waals surface area contributed by atoms with E-state index in [1.165, 1.54) is 31.5 Å². The number of hydrogen-bond donors (Lipinski definition) is 2. The highest BCUT2D eigenvalue weighted by molar-refractivity contribution is 5.61.